The molecule has 0 N–H and O–H groups in total. The molecular formula is C48H31N3. The van der Waals surface area contributed by atoms with Crippen LogP contribution in [0.2, 0.25) is 0 Å². The number of hydrogen-bond acceptors (Lipinski definition) is 0. The third kappa shape index (κ3) is 4.06. The van der Waals surface area contributed by atoms with Crippen LogP contribution in [0.4, 0.5) is 0 Å². The van der Waals surface area contributed by atoms with Gasteiger partial charge in [0.1, 0.15) is 0 Å². The maximum Gasteiger partial charge on any atom is 0.0641 e. The van der Waals surface area contributed by atoms with E-state index in [0.717, 1.165) is 17.1 Å². The Labute approximate surface area is 294 Å². The lowest BCUT2D eigenvalue weighted by Gasteiger charge is -2.12. The maximum absolute atomic E-state index is 2.47. The lowest BCUT2D eigenvalue weighted by molar-refractivity contribution is 1.15. The first kappa shape index (κ1) is 28.0. The van der Waals surface area contributed by atoms with Crippen LogP contribution in [0, 0.1) is 0 Å². The second-order valence-electron chi connectivity index (χ2n) is 13.4. The molecule has 3 heterocycles. The third-order valence-corrected chi connectivity index (χ3v) is 10.6. The molecular weight excluding hydrogens is 619 g/mol. The van der Waals surface area contributed by atoms with Gasteiger partial charge in [-0.2, -0.15) is 0 Å². The molecule has 3 heteroatoms. The molecule has 0 aliphatic carbocycles. The second kappa shape index (κ2) is 10.8. The monoisotopic (exact) mass is 649 g/mol. The molecule has 0 atom stereocenters. The fraction of sp³-hybridized carbons (Fsp3) is 0. The van der Waals surface area contributed by atoms with E-state index in [2.05, 4.69) is 202 Å². The van der Waals surface area contributed by atoms with Gasteiger partial charge in [0.25, 0.3) is 0 Å². The molecule has 238 valence electrons. The van der Waals surface area contributed by atoms with E-state index >= 15 is 0 Å². The lowest BCUT2D eigenvalue weighted by Crippen LogP contribution is -1.97. The lowest BCUT2D eigenvalue weighted by atomic mass is 10.1. The van der Waals surface area contributed by atoms with Crippen molar-refractivity contribution in [3.63, 3.8) is 0 Å². The van der Waals surface area contributed by atoms with Gasteiger partial charge in [-0.05, 0) is 77.9 Å². The number of benzene rings is 8. The van der Waals surface area contributed by atoms with E-state index in [1.54, 1.807) is 0 Å². The first-order chi connectivity index (χ1) is 25.3. The van der Waals surface area contributed by atoms with E-state index in [-0.39, 0.29) is 0 Å². The van der Waals surface area contributed by atoms with Crippen molar-refractivity contribution in [2.24, 2.45) is 0 Å². The van der Waals surface area contributed by atoms with Crippen molar-refractivity contribution in [3.8, 4) is 28.2 Å². The highest BCUT2D eigenvalue weighted by molar-refractivity contribution is 6.26. The van der Waals surface area contributed by atoms with Gasteiger partial charge in [0.05, 0.1) is 33.1 Å². The smallest absolute Gasteiger partial charge is 0.0641 e. The topological polar surface area (TPSA) is 14.8 Å². The summed E-state index contributed by atoms with van der Waals surface area (Å²) in [6.07, 6.45) is 0. The number of para-hydroxylation sites is 4. The van der Waals surface area contributed by atoms with Gasteiger partial charge in [-0.3, -0.25) is 0 Å². The molecule has 0 aliphatic heterocycles. The van der Waals surface area contributed by atoms with Crippen molar-refractivity contribution in [1.82, 2.24) is 13.7 Å². The van der Waals surface area contributed by atoms with Gasteiger partial charge < -0.3 is 13.7 Å². The van der Waals surface area contributed by atoms with E-state index < -0.39 is 0 Å². The van der Waals surface area contributed by atoms with Crippen LogP contribution in [0.1, 0.15) is 0 Å². The molecule has 3 nitrogen and oxygen atoms in total. The Morgan fingerprint density at radius 2 is 0.627 bits per heavy atom. The molecule has 0 spiro atoms. The Bertz CT molecular complexity index is 3050. The summed E-state index contributed by atoms with van der Waals surface area (Å²) in [4.78, 5) is 0. The van der Waals surface area contributed by atoms with Gasteiger partial charge in [-0.25, -0.2) is 0 Å². The summed E-state index contributed by atoms with van der Waals surface area (Å²) in [5.41, 5.74) is 13.1. The van der Waals surface area contributed by atoms with Crippen molar-refractivity contribution in [3.05, 3.63) is 188 Å². The molecule has 0 fully saturated rings. The maximum atomic E-state index is 2.47. The standard InChI is InChI=1S/C48H31N3/c1-2-12-32(13-3-1)33-22-24-34(25-23-33)50-45-21-11-7-17-41(45)47-46(50)31-30-40-39-16-6-10-20-44(39)51(48(40)47)36-28-26-35(27-29-36)49-42-18-8-4-14-37(42)38-15-5-9-19-43(38)49/h1-31H. The Morgan fingerprint density at radius 1 is 0.235 bits per heavy atom. The molecule has 3 aromatic heterocycles. The van der Waals surface area contributed by atoms with Gasteiger partial charge in [-0.1, -0.05) is 121 Å². The van der Waals surface area contributed by atoms with Gasteiger partial charge in [0.2, 0.25) is 0 Å². The highest BCUT2D eigenvalue weighted by atomic mass is 15.0. The van der Waals surface area contributed by atoms with E-state index in [1.165, 1.54) is 76.5 Å². The number of hydrogen-bond donors (Lipinski definition) is 0. The fourth-order valence-electron chi connectivity index (χ4n) is 8.44. The van der Waals surface area contributed by atoms with Crippen molar-refractivity contribution in [1.29, 1.82) is 0 Å². The zero-order valence-electron chi connectivity index (χ0n) is 27.7. The van der Waals surface area contributed by atoms with Gasteiger partial charge in [-0.15, -0.1) is 0 Å². The van der Waals surface area contributed by atoms with Crippen LogP contribution in [-0.2, 0) is 0 Å². The van der Waals surface area contributed by atoms with Crippen molar-refractivity contribution in [2.75, 3.05) is 0 Å². The molecule has 0 aliphatic rings. The van der Waals surface area contributed by atoms with Crippen LogP contribution in [0.5, 0.6) is 0 Å². The molecule has 0 amide bonds. The minimum absolute atomic E-state index is 1.14. The summed E-state index contributed by atoms with van der Waals surface area (Å²) < 4.78 is 7.28. The summed E-state index contributed by atoms with van der Waals surface area (Å²) >= 11 is 0. The minimum atomic E-state index is 1.14. The summed E-state index contributed by atoms with van der Waals surface area (Å²) in [6.45, 7) is 0. The highest BCUT2D eigenvalue weighted by Gasteiger charge is 2.21. The SMILES string of the molecule is c1ccc(-c2ccc(-n3c4ccccc4c4c3ccc3c5ccccc5n(-c5ccc(-n6c7ccccc7c7ccccc76)cc5)c34)cc2)cc1. The molecule has 8 aromatic carbocycles. The van der Waals surface area contributed by atoms with Crippen LogP contribution in [0.3, 0.4) is 0 Å². The second-order valence-corrected chi connectivity index (χ2v) is 13.4. The van der Waals surface area contributed by atoms with E-state index in [1.807, 2.05) is 0 Å². The summed E-state index contributed by atoms with van der Waals surface area (Å²) in [7, 11) is 0. The van der Waals surface area contributed by atoms with Gasteiger partial charge in [0, 0.05) is 49.4 Å². The summed E-state index contributed by atoms with van der Waals surface area (Å²) in [5, 5.41) is 7.56. The average Bonchev–Trinajstić information content (AvgIpc) is 3.84. The molecule has 51 heavy (non-hydrogen) atoms. The van der Waals surface area contributed by atoms with Crippen LogP contribution >= 0.6 is 0 Å². The van der Waals surface area contributed by atoms with Crippen LogP contribution in [0.15, 0.2) is 188 Å². The van der Waals surface area contributed by atoms with E-state index in [9.17, 15) is 0 Å². The van der Waals surface area contributed by atoms with Crippen LogP contribution in [0.25, 0.3) is 93.6 Å². The highest BCUT2D eigenvalue weighted by Crippen LogP contribution is 2.42. The first-order valence-electron chi connectivity index (χ1n) is 17.5. The van der Waals surface area contributed by atoms with Gasteiger partial charge in [0.15, 0.2) is 0 Å². The van der Waals surface area contributed by atoms with Crippen molar-refractivity contribution in [2.45, 2.75) is 0 Å². The largest absolute Gasteiger partial charge is 0.309 e. The molecule has 11 aromatic rings. The van der Waals surface area contributed by atoms with Gasteiger partial charge >= 0.3 is 0 Å². The Hall–Kier alpha value is -6.84. The molecule has 11 rings (SSSR count). The minimum Gasteiger partial charge on any atom is -0.309 e. The van der Waals surface area contributed by atoms with Crippen LogP contribution < -0.4 is 0 Å². The number of aromatic nitrogens is 3. The third-order valence-electron chi connectivity index (χ3n) is 10.6. The van der Waals surface area contributed by atoms with Crippen LogP contribution in [-0.4, -0.2) is 13.7 Å². The summed E-state index contributed by atoms with van der Waals surface area (Å²) in [6, 6.07) is 68.3. The number of rotatable bonds is 4. The molecule has 0 radical (unpaired) electrons. The average molecular weight is 650 g/mol. The number of fused-ring (bicyclic) bond motifs is 10. The van der Waals surface area contributed by atoms with E-state index in [4.69, 9.17) is 0 Å². The summed E-state index contributed by atoms with van der Waals surface area (Å²) in [5.74, 6) is 0. The predicted octanol–water partition coefficient (Wildman–Crippen LogP) is 12.6. The van der Waals surface area contributed by atoms with E-state index in [0.29, 0.717) is 0 Å². The fourth-order valence-corrected chi connectivity index (χ4v) is 8.44. The Kier molecular flexibility index (Phi) is 5.96. The first-order valence-corrected chi connectivity index (χ1v) is 17.5. The Balaban J connectivity index is 1.15. The zero-order valence-corrected chi connectivity index (χ0v) is 27.7. The molecule has 0 saturated carbocycles. The normalized spacial score (nSPS) is 11.9. The molecule has 0 bridgehead atoms. The molecule has 0 unspecified atom stereocenters. The quantitative estimate of drug-likeness (QED) is 0.180. The van der Waals surface area contributed by atoms with Crippen molar-refractivity contribution < 1.29 is 0 Å². The Morgan fingerprint density at radius 3 is 1.22 bits per heavy atom. The zero-order chi connectivity index (χ0) is 33.5. The predicted molar refractivity (Wildman–Crippen MR) is 215 cm³/mol. The molecule has 0 saturated heterocycles. The van der Waals surface area contributed by atoms with Crippen molar-refractivity contribution >= 4 is 65.4 Å². The number of nitrogens with zero attached hydrogens (tertiary/aromatic N) is 3.